The van der Waals surface area contributed by atoms with E-state index >= 15 is 0 Å². The monoisotopic (exact) mass is 986 g/mol. The van der Waals surface area contributed by atoms with Crippen molar-refractivity contribution in [1.29, 1.82) is 0 Å². The number of fused-ring (bicyclic) bond motifs is 2. The van der Waals surface area contributed by atoms with Crippen LogP contribution in [-0.2, 0) is 11.3 Å². The minimum absolute atomic E-state index is 0.233. The van der Waals surface area contributed by atoms with Gasteiger partial charge >= 0.3 is 6.09 Å². The van der Waals surface area contributed by atoms with E-state index < -0.39 is 0 Å². The van der Waals surface area contributed by atoms with Crippen LogP contribution in [0.15, 0.2) is 104 Å². The number of aromatic nitrogens is 8. The molecular weight excluding hydrogens is 924 g/mol. The number of halogens is 2. The topological polar surface area (TPSA) is 158 Å². The first-order valence-corrected chi connectivity index (χ1v) is 25.7. The number of carbonyl (C=O) groups excluding carboxylic acids is 1. The minimum atomic E-state index is -0.233. The van der Waals surface area contributed by atoms with Crippen molar-refractivity contribution in [1.82, 2.24) is 58.7 Å². The van der Waals surface area contributed by atoms with E-state index in [9.17, 15) is 4.79 Å². The van der Waals surface area contributed by atoms with Gasteiger partial charge in [0.1, 0.15) is 29.3 Å². The van der Waals surface area contributed by atoms with E-state index in [2.05, 4.69) is 45.7 Å². The average molecular weight is 988 g/mol. The minimum Gasteiger partial charge on any atom is -0.445 e. The maximum Gasteiger partial charge on any atom is 0.410 e. The molecule has 0 spiro atoms. The number of nitrogens with zero attached hydrogens (tertiary/aromatic N) is 11. The summed E-state index contributed by atoms with van der Waals surface area (Å²) in [4.78, 5) is 46.9. The van der Waals surface area contributed by atoms with Crippen molar-refractivity contribution in [3.63, 3.8) is 0 Å². The van der Waals surface area contributed by atoms with Crippen molar-refractivity contribution in [3.8, 4) is 22.8 Å². The molecule has 18 heteroatoms. The summed E-state index contributed by atoms with van der Waals surface area (Å²) in [6.45, 7) is 11.9. The highest BCUT2D eigenvalue weighted by Gasteiger charge is 2.32. The zero-order chi connectivity index (χ0) is 48.2. The molecule has 3 N–H and O–H groups in total. The molecule has 2 aliphatic heterocycles. The summed E-state index contributed by atoms with van der Waals surface area (Å²) in [6.07, 6.45) is 19.8. The predicted octanol–water partition coefficient (Wildman–Crippen LogP) is 9.22. The number of hydrogen-bond acceptors (Lipinski definition) is 13. The van der Waals surface area contributed by atoms with Crippen LogP contribution in [0.4, 0.5) is 16.7 Å². The lowest BCUT2D eigenvalue weighted by Gasteiger charge is -2.42. The van der Waals surface area contributed by atoms with Gasteiger partial charge in [-0.1, -0.05) is 79.5 Å². The van der Waals surface area contributed by atoms with Crippen molar-refractivity contribution in [3.05, 3.63) is 120 Å². The number of ether oxygens (including phenoxy) is 1. The van der Waals surface area contributed by atoms with Gasteiger partial charge in [-0.15, -0.1) is 0 Å². The van der Waals surface area contributed by atoms with Crippen molar-refractivity contribution < 1.29 is 9.53 Å². The molecule has 0 bridgehead atoms. The maximum absolute atomic E-state index is 12.6. The summed E-state index contributed by atoms with van der Waals surface area (Å²) < 4.78 is 9.51. The number of benzene rings is 1. The largest absolute Gasteiger partial charge is 0.445 e. The van der Waals surface area contributed by atoms with Gasteiger partial charge in [-0.2, -0.15) is 0 Å². The molecule has 8 heterocycles. The molecule has 1 amide bonds. The molecule has 1 aromatic carbocycles. The highest BCUT2D eigenvalue weighted by molar-refractivity contribution is 6.33. The molecule has 70 heavy (non-hydrogen) atoms. The quantitative estimate of drug-likeness (QED) is 0.119. The van der Waals surface area contributed by atoms with E-state index in [0.717, 1.165) is 106 Å². The normalized spacial score (nSPS) is 21.0. The van der Waals surface area contributed by atoms with Crippen LogP contribution in [0.5, 0.6) is 0 Å². The predicted molar refractivity (Wildman–Crippen MR) is 277 cm³/mol. The number of anilines is 2. The lowest BCUT2D eigenvalue weighted by molar-refractivity contribution is 0.0518. The molecule has 6 aromatic heterocycles. The van der Waals surface area contributed by atoms with Gasteiger partial charge in [0, 0.05) is 88.9 Å². The van der Waals surface area contributed by atoms with Gasteiger partial charge < -0.3 is 25.6 Å². The van der Waals surface area contributed by atoms with E-state index in [1.807, 2.05) is 113 Å². The van der Waals surface area contributed by atoms with Crippen molar-refractivity contribution in [2.45, 2.75) is 96.0 Å². The summed E-state index contributed by atoms with van der Waals surface area (Å²) in [6, 6.07) is 23.3. The van der Waals surface area contributed by atoms with Crippen LogP contribution in [0.2, 0.25) is 10.0 Å². The number of pyridine rings is 2. The van der Waals surface area contributed by atoms with Gasteiger partial charge in [0.2, 0.25) is 11.9 Å². The van der Waals surface area contributed by atoms with E-state index in [0.29, 0.717) is 71.2 Å². The van der Waals surface area contributed by atoms with Crippen LogP contribution in [0.25, 0.3) is 34.1 Å². The number of piperazine rings is 2. The molecule has 4 atom stereocenters. The number of amides is 1. The Morgan fingerprint density at radius 1 is 0.629 bits per heavy atom. The number of nitrogens with one attached hydrogen (secondary N) is 3. The standard InChI is InChI=1S/C29H32ClN7O2.C21H26ClN7.C2H6/c30-24-18-32-28(34-27(24)25-19-31-26-11-4-5-12-37(25)26)33-22-9-6-10-23(17-22)35-13-15-36(16-14-35)29(38)39-20-21-7-2-1-3-8-21;22-17-13-25-21(27-20(17)18-14-24-19-6-1-2-9-29(18)19)26-15-4-3-5-16(12-15)28-10-7-23-8-11-28;1-2/h1-5,7-8,11-12,18-19,22-23H,6,9-10,13-17,20H2,(H,32,33,34);1-2,6,9,13-16,23H,3-5,7-8,10-12H2,(H,25,26,27);1-2H3/t22-,23+;15-,16+;/m11./s1. The summed E-state index contributed by atoms with van der Waals surface area (Å²) >= 11 is 13.0. The second kappa shape index (κ2) is 23.8. The Hall–Kier alpha value is -5.91. The fourth-order valence-corrected chi connectivity index (χ4v) is 10.6. The molecule has 4 fully saturated rings. The Balaban J connectivity index is 0.000000175. The Morgan fingerprint density at radius 2 is 1.13 bits per heavy atom. The summed E-state index contributed by atoms with van der Waals surface area (Å²) in [5.41, 5.74) is 5.80. The molecule has 368 valence electrons. The zero-order valence-corrected chi connectivity index (χ0v) is 41.6. The smallest absolute Gasteiger partial charge is 0.410 e. The van der Waals surface area contributed by atoms with E-state index in [1.165, 1.54) is 12.8 Å². The van der Waals surface area contributed by atoms with E-state index in [1.54, 1.807) is 18.6 Å². The Kier molecular flexibility index (Phi) is 16.7. The van der Waals surface area contributed by atoms with Crippen molar-refractivity contribution >= 4 is 52.5 Å². The molecule has 0 radical (unpaired) electrons. The van der Waals surface area contributed by atoms with Crippen molar-refractivity contribution in [2.75, 3.05) is 63.0 Å². The fourth-order valence-electron chi connectivity index (χ4n) is 10.2. The van der Waals surface area contributed by atoms with Crippen LogP contribution in [0.1, 0.15) is 70.8 Å². The Morgan fingerprint density at radius 3 is 1.66 bits per heavy atom. The SMILES string of the molecule is CC.Clc1cnc(N[C@@H]2CCC[C@H](N3CCNCC3)C2)nc1-c1cnc2ccccn12.O=C(OCc1ccccc1)N1CCN([C@H]2CCC[C@@H](Nc3ncc(Cl)c(-c4cnc5ccccn45)n3)C2)CC1. The lowest BCUT2D eigenvalue weighted by atomic mass is 9.89. The van der Waals surface area contributed by atoms with Crippen LogP contribution < -0.4 is 16.0 Å². The first kappa shape index (κ1) is 49.1. The van der Waals surface area contributed by atoms with Crippen LogP contribution >= 0.6 is 23.2 Å². The average Bonchev–Trinajstić information content (AvgIpc) is 4.06. The maximum atomic E-state index is 12.6. The highest BCUT2D eigenvalue weighted by atomic mass is 35.5. The van der Waals surface area contributed by atoms with Gasteiger partial charge in [0.15, 0.2) is 0 Å². The molecule has 4 aliphatic rings. The molecule has 16 nitrogen and oxygen atoms in total. The van der Waals surface area contributed by atoms with Gasteiger partial charge in [-0.25, -0.2) is 34.7 Å². The van der Waals surface area contributed by atoms with Gasteiger partial charge in [0.05, 0.1) is 46.2 Å². The molecule has 7 aromatic rings. The highest BCUT2D eigenvalue weighted by Crippen LogP contribution is 2.32. The molecule has 2 saturated carbocycles. The summed E-state index contributed by atoms with van der Waals surface area (Å²) in [7, 11) is 0. The first-order chi connectivity index (χ1) is 34.4. The summed E-state index contributed by atoms with van der Waals surface area (Å²) in [5.74, 6) is 1.22. The lowest BCUT2D eigenvalue weighted by Crippen LogP contribution is -2.53. The number of imidazole rings is 2. The molecule has 2 saturated heterocycles. The second-order valence-corrected chi connectivity index (χ2v) is 18.9. The second-order valence-electron chi connectivity index (χ2n) is 18.1. The number of carbonyl (C=O) groups is 1. The molecule has 11 rings (SSSR count). The van der Waals surface area contributed by atoms with Gasteiger partial charge in [0.25, 0.3) is 0 Å². The fraction of sp³-hybridized carbons (Fsp3) is 0.442. The van der Waals surface area contributed by atoms with Crippen LogP contribution in [-0.4, -0.2) is 136 Å². The molecule has 0 unspecified atom stereocenters. The zero-order valence-electron chi connectivity index (χ0n) is 40.1. The van der Waals surface area contributed by atoms with Gasteiger partial charge in [-0.3, -0.25) is 18.6 Å². The number of rotatable bonds is 10. The molecular formula is C52H64Cl2N14O2. The molecule has 2 aliphatic carbocycles. The van der Waals surface area contributed by atoms with E-state index in [-0.39, 0.29) is 12.1 Å². The number of hydrogen-bond donors (Lipinski definition) is 3. The van der Waals surface area contributed by atoms with Gasteiger partial charge in [-0.05, 0) is 81.2 Å². The van der Waals surface area contributed by atoms with Crippen LogP contribution in [0.3, 0.4) is 0 Å². The third-order valence-corrected chi connectivity index (χ3v) is 14.3. The van der Waals surface area contributed by atoms with Crippen LogP contribution in [0, 0.1) is 0 Å². The Bertz CT molecular complexity index is 2780. The first-order valence-electron chi connectivity index (χ1n) is 25.0. The van der Waals surface area contributed by atoms with E-state index in [4.69, 9.17) is 37.9 Å². The third-order valence-electron chi connectivity index (χ3n) is 13.7. The summed E-state index contributed by atoms with van der Waals surface area (Å²) in [5, 5.41) is 11.6. The Labute approximate surface area is 420 Å². The third kappa shape index (κ3) is 12.0. The van der Waals surface area contributed by atoms with Crippen molar-refractivity contribution in [2.24, 2.45) is 0 Å².